The monoisotopic (exact) mass is 272 g/mol. The van der Waals surface area contributed by atoms with Crippen LogP contribution in [0.4, 0.5) is 11.4 Å². The maximum atomic E-state index is 10.6. The highest BCUT2D eigenvalue weighted by atomic mass is 16.6. The molecule has 3 rings (SSSR count). The molecule has 2 aromatic heterocycles. The molecule has 0 saturated carbocycles. The first-order valence-electron chi connectivity index (χ1n) is 5.53. The van der Waals surface area contributed by atoms with Crippen LogP contribution in [0.5, 0.6) is 0 Å². The number of nitrogens with one attached hydrogen (secondary N) is 1. The molecule has 1 aromatic carbocycles. The normalized spacial score (nSPS) is 10.6. The number of nitro groups is 1. The van der Waals surface area contributed by atoms with Gasteiger partial charge in [0.2, 0.25) is 5.82 Å². The second kappa shape index (κ2) is 4.46. The van der Waals surface area contributed by atoms with Crippen molar-refractivity contribution >= 4 is 11.4 Å². The van der Waals surface area contributed by atoms with E-state index < -0.39 is 4.92 Å². The number of anilines is 1. The molecule has 9 heteroatoms. The Labute approximate surface area is 111 Å². The fraction of sp³-hybridized carbons (Fsp3) is 0. The highest BCUT2D eigenvalue weighted by Gasteiger charge is 2.16. The molecule has 3 aromatic rings. The zero-order chi connectivity index (χ0) is 14.1. The molecule has 2 heterocycles. The van der Waals surface area contributed by atoms with E-state index in [9.17, 15) is 10.1 Å². The van der Waals surface area contributed by atoms with Gasteiger partial charge in [-0.3, -0.25) is 10.1 Å². The van der Waals surface area contributed by atoms with Crippen molar-refractivity contribution in [3.8, 4) is 23.1 Å². The summed E-state index contributed by atoms with van der Waals surface area (Å²) < 4.78 is 5.08. The summed E-state index contributed by atoms with van der Waals surface area (Å²) >= 11 is 0. The maximum absolute atomic E-state index is 10.6. The van der Waals surface area contributed by atoms with Crippen LogP contribution in [-0.2, 0) is 0 Å². The molecular weight excluding hydrogens is 264 g/mol. The average Bonchev–Trinajstić information content (AvgIpc) is 3.09. The Morgan fingerprint density at radius 2 is 2.25 bits per heavy atom. The van der Waals surface area contributed by atoms with Gasteiger partial charge in [-0.25, -0.2) is 4.98 Å². The first-order valence-corrected chi connectivity index (χ1v) is 5.53. The summed E-state index contributed by atoms with van der Waals surface area (Å²) in [5.74, 6) is 0.909. The summed E-state index contributed by atoms with van der Waals surface area (Å²) in [4.78, 5) is 21.1. The van der Waals surface area contributed by atoms with Crippen molar-refractivity contribution in [1.29, 1.82) is 0 Å². The van der Waals surface area contributed by atoms with Crippen LogP contribution >= 0.6 is 0 Å². The Hall–Kier alpha value is -3.23. The number of H-pyrrole nitrogens is 1. The zero-order valence-electron chi connectivity index (χ0n) is 9.98. The van der Waals surface area contributed by atoms with Crippen molar-refractivity contribution in [2.24, 2.45) is 0 Å². The van der Waals surface area contributed by atoms with Crippen LogP contribution in [0.2, 0.25) is 0 Å². The van der Waals surface area contributed by atoms with Crippen LogP contribution in [0.15, 0.2) is 35.1 Å². The van der Waals surface area contributed by atoms with Gasteiger partial charge in [0.05, 0.1) is 16.2 Å². The van der Waals surface area contributed by atoms with Crippen LogP contribution in [0.3, 0.4) is 0 Å². The van der Waals surface area contributed by atoms with Gasteiger partial charge in [0.25, 0.3) is 11.6 Å². The van der Waals surface area contributed by atoms with Crippen molar-refractivity contribution in [3.63, 3.8) is 0 Å². The highest BCUT2D eigenvalue weighted by Crippen LogP contribution is 2.29. The van der Waals surface area contributed by atoms with E-state index in [2.05, 4.69) is 20.1 Å². The average molecular weight is 272 g/mol. The van der Waals surface area contributed by atoms with Crippen LogP contribution in [-0.4, -0.2) is 25.0 Å². The number of nitro benzene ring substituents is 1. The number of aromatic nitrogens is 4. The Bertz CT molecular complexity index is 764. The van der Waals surface area contributed by atoms with E-state index in [4.69, 9.17) is 10.3 Å². The Kier molecular flexibility index (Phi) is 2.64. The van der Waals surface area contributed by atoms with Crippen molar-refractivity contribution in [3.05, 3.63) is 40.7 Å². The molecular formula is C11H8N6O3. The van der Waals surface area contributed by atoms with Gasteiger partial charge in [-0.1, -0.05) is 5.16 Å². The van der Waals surface area contributed by atoms with Crippen molar-refractivity contribution in [1.82, 2.24) is 20.1 Å². The molecule has 0 aliphatic rings. The summed E-state index contributed by atoms with van der Waals surface area (Å²) in [6.45, 7) is 0. The predicted octanol–water partition coefficient (Wildman–Crippen LogP) is 1.62. The number of nitrogens with zero attached hydrogens (tertiary/aromatic N) is 4. The topological polar surface area (TPSA) is 137 Å². The number of hydrogen-bond acceptors (Lipinski definition) is 7. The lowest BCUT2D eigenvalue weighted by Gasteiger charge is -1.99. The second-order valence-electron chi connectivity index (χ2n) is 3.89. The number of aromatic amines is 1. The quantitative estimate of drug-likeness (QED) is 0.419. The molecule has 0 spiro atoms. The minimum absolute atomic E-state index is 0.1000. The number of nitrogens with two attached hydrogens (primary N) is 1. The third-order valence-electron chi connectivity index (χ3n) is 2.61. The summed E-state index contributed by atoms with van der Waals surface area (Å²) in [7, 11) is 0. The maximum Gasteiger partial charge on any atom is 0.271 e. The molecule has 0 aliphatic carbocycles. The molecule has 3 N–H and O–H groups in total. The SMILES string of the molecule is Nc1cc([N+](=O)[O-])ccc1-c1nc(-c2ncc[nH]2)no1. The van der Waals surface area contributed by atoms with E-state index in [1.54, 1.807) is 12.4 Å². The first kappa shape index (κ1) is 11.8. The number of nitrogen functional groups attached to an aromatic ring is 1. The molecule has 9 nitrogen and oxygen atoms in total. The minimum atomic E-state index is -0.526. The van der Waals surface area contributed by atoms with Gasteiger partial charge in [-0.05, 0) is 6.07 Å². The molecule has 0 atom stereocenters. The third kappa shape index (κ3) is 1.96. The van der Waals surface area contributed by atoms with Crippen LogP contribution in [0, 0.1) is 10.1 Å². The Morgan fingerprint density at radius 3 is 2.90 bits per heavy atom. The second-order valence-corrected chi connectivity index (χ2v) is 3.89. The van der Waals surface area contributed by atoms with E-state index in [0.717, 1.165) is 0 Å². The molecule has 0 unspecified atom stereocenters. The van der Waals surface area contributed by atoms with E-state index in [0.29, 0.717) is 11.4 Å². The minimum Gasteiger partial charge on any atom is -0.398 e. The van der Waals surface area contributed by atoms with Crippen molar-refractivity contribution in [2.75, 3.05) is 5.73 Å². The van der Waals surface area contributed by atoms with Gasteiger partial charge in [0.15, 0.2) is 5.82 Å². The molecule has 100 valence electrons. The summed E-state index contributed by atoms with van der Waals surface area (Å²) in [6, 6.07) is 4.03. The van der Waals surface area contributed by atoms with Gasteiger partial charge in [-0.2, -0.15) is 4.98 Å². The molecule has 0 aliphatic heterocycles. The number of rotatable bonds is 3. The molecule has 0 amide bonds. The molecule has 0 radical (unpaired) electrons. The number of imidazole rings is 1. The number of benzene rings is 1. The van der Waals surface area contributed by atoms with Gasteiger partial charge < -0.3 is 15.2 Å². The van der Waals surface area contributed by atoms with Crippen LogP contribution in [0.1, 0.15) is 0 Å². The van der Waals surface area contributed by atoms with E-state index in [1.807, 2.05) is 0 Å². The van der Waals surface area contributed by atoms with Gasteiger partial charge in [0, 0.05) is 24.5 Å². The predicted molar refractivity (Wildman–Crippen MR) is 68.4 cm³/mol. The summed E-state index contributed by atoms with van der Waals surface area (Å²) in [5.41, 5.74) is 6.28. The molecule has 0 saturated heterocycles. The lowest BCUT2D eigenvalue weighted by atomic mass is 10.1. The summed E-state index contributed by atoms with van der Waals surface area (Å²) in [5, 5.41) is 14.4. The van der Waals surface area contributed by atoms with Gasteiger partial charge in [-0.15, -0.1) is 0 Å². The zero-order valence-corrected chi connectivity index (χ0v) is 9.98. The van der Waals surface area contributed by atoms with Gasteiger partial charge >= 0.3 is 0 Å². The third-order valence-corrected chi connectivity index (χ3v) is 2.61. The summed E-state index contributed by atoms with van der Waals surface area (Å²) in [6.07, 6.45) is 3.19. The molecule has 20 heavy (non-hydrogen) atoms. The van der Waals surface area contributed by atoms with Crippen molar-refractivity contribution in [2.45, 2.75) is 0 Å². The molecule has 0 fully saturated rings. The highest BCUT2D eigenvalue weighted by molar-refractivity contribution is 5.73. The Morgan fingerprint density at radius 1 is 1.40 bits per heavy atom. The van der Waals surface area contributed by atoms with E-state index >= 15 is 0 Å². The van der Waals surface area contributed by atoms with E-state index in [1.165, 1.54) is 18.2 Å². The molecule has 0 bridgehead atoms. The van der Waals surface area contributed by atoms with Crippen LogP contribution < -0.4 is 5.73 Å². The fourth-order valence-electron chi connectivity index (χ4n) is 1.68. The van der Waals surface area contributed by atoms with Crippen LogP contribution in [0.25, 0.3) is 23.1 Å². The smallest absolute Gasteiger partial charge is 0.271 e. The van der Waals surface area contributed by atoms with Gasteiger partial charge in [0.1, 0.15) is 0 Å². The van der Waals surface area contributed by atoms with E-state index in [-0.39, 0.29) is 23.1 Å². The Balaban J connectivity index is 1.99. The number of hydrogen-bond donors (Lipinski definition) is 2. The largest absolute Gasteiger partial charge is 0.398 e. The number of non-ortho nitro benzene ring substituents is 1. The lowest BCUT2D eigenvalue weighted by Crippen LogP contribution is -1.94. The van der Waals surface area contributed by atoms with Crippen molar-refractivity contribution < 1.29 is 9.45 Å². The fourth-order valence-corrected chi connectivity index (χ4v) is 1.68. The lowest BCUT2D eigenvalue weighted by molar-refractivity contribution is -0.384. The standard InChI is InChI=1S/C11H8N6O3/c12-8-5-6(17(18)19)1-2-7(8)11-15-10(16-20-11)9-13-3-4-14-9/h1-5H,12H2,(H,13,14). The first-order chi connectivity index (χ1) is 9.65.